The fourth-order valence-corrected chi connectivity index (χ4v) is 4.81. The summed E-state index contributed by atoms with van der Waals surface area (Å²) in [4.78, 5) is 17.9. The zero-order valence-corrected chi connectivity index (χ0v) is 22.2. The highest BCUT2D eigenvalue weighted by atomic mass is 19.4. The maximum absolute atomic E-state index is 14.6. The van der Waals surface area contributed by atoms with E-state index in [-0.39, 0.29) is 29.1 Å². The summed E-state index contributed by atoms with van der Waals surface area (Å²) in [6, 6.07) is 18.6. The van der Waals surface area contributed by atoms with Crippen LogP contribution in [0.25, 0.3) is 11.1 Å². The number of carbonyl (C=O) groups excluding carboxylic acids is 1. The van der Waals surface area contributed by atoms with Crippen molar-refractivity contribution in [1.29, 1.82) is 0 Å². The topological polar surface area (TPSA) is 59.9 Å². The Labute approximate surface area is 244 Å². The number of hydrogen-bond donors (Lipinski definition) is 1. The second-order valence-electron chi connectivity index (χ2n) is 9.68. The Morgan fingerprint density at radius 2 is 1.18 bits per heavy atom. The third-order valence-corrected chi connectivity index (χ3v) is 6.71. The number of nitrogens with one attached hydrogen (secondary N) is 1. The Bertz CT molecular complexity index is 1650. The molecule has 1 amide bonds. The van der Waals surface area contributed by atoms with Gasteiger partial charge in [0.2, 0.25) is 5.91 Å². The summed E-state index contributed by atoms with van der Waals surface area (Å²) in [6.45, 7) is 0. The van der Waals surface area contributed by atoms with Crippen molar-refractivity contribution in [3.63, 3.8) is 0 Å². The van der Waals surface area contributed by atoms with Gasteiger partial charge >= 0.3 is 12.7 Å². The van der Waals surface area contributed by atoms with Crippen molar-refractivity contribution in [1.82, 2.24) is 0 Å². The molecule has 0 saturated heterocycles. The lowest BCUT2D eigenvalue weighted by atomic mass is 9.89. The van der Waals surface area contributed by atoms with Gasteiger partial charge in [-0.05, 0) is 65.2 Å². The van der Waals surface area contributed by atoms with Gasteiger partial charge in [0.1, 0.15) is 23.1 Å². The van der Waals surface area contributed by atoms with Crippen LogP contribution in [0.3, 0.4) is 0 Å². The molecule has 0 aromatic heterocycles. The molecule has 0 spiro atoms. The van der Waals surface area contributed by atoms with Crippen molar-refractivity contribution >= 4 is 17.3 Å². The fourth-order valence-electron chi connectivity index (χ4n) is 4.81. The number of alkyl halides is 6. The molecule has 5 rings (SSSR count). The average molecular weight is 620 g/mol. The number of carbonyl (C=O) groups is 1. The molecule has 0 radical (unpaired) electrons. The highest BCUT2D eigenvalue weighted by molar-refractivity contribution is 6.07. The van der Waals surface area contributed by atoms with Crippen LogP contribution >= 0.6 is 0 Å². The largest absolute Gasteiger partial charge is 0.573 e. The van der Waals surface area contributed by atoms with Crippen LogP contribution in [0.5, 0.6) is 11.5 Å². The minimum absolute atomic E-state index is 0.0176. The van der Waals surface area contributed by atoms with E-state index in [1.54, 1.807) is 24.3 Å². The monoisotopic (exact) mass is 620 g/mol. The van der Waals surface area contributed by atoms with Crippen molar-refractivity contribution in [2.24, 2.45) is 10.9 Å². The number of hydrogen-bond acceptors (Lipinski definition) is 4. The first-order valence-electron chi connectivity index (χ1n) is 12.9. The number of benzene rings is 4. The van der Waals surface area contributed by atoms with Crippen LogP contribution in [0.15, 0.2) is 96.0 Å². The maximum Gasteiger partial charge on any atom is 0.573 e. The van der Waals surface area contributed by atoms with Crippen molar-refractivity contribution in [2.75, 3.05) is 5.32 Å². The zero-order valence-electron chi connectivity index (χ0n) is 22.2. The van der Waals surface area contributed by atoms with Gasteiger partial charge in [-0.1, -0.05) is 42.5 Å². The Morgan fingerprint density at radius 3 is 1.68 bits per heavy atom. The molecule has 2 atom stereocenters. The molecular formula is C31H20F8N2O3. The summed E-state index contributed by atoms with van der Waals surface area (Å²) < 4.78 is 112. The van der Waals surface area contributed by atoms with Gasteiger partial charge in [-0.25, -0.2) is 8.78 Å². The van der Waals surface area contributed by atoms with E-state index < -0.39 is 48.0 Å². The van der Waals surface area contributed by atoms with Gasteiger partial charge in [-0.3, -0.25) is 9.79 Å². The third kappa shape index (κ3) is 7.33. The van der Waals surface area contributed by atoms with E-state index in [1.807, 2.05) is 0 Å². The molecule has 44 heavy (non-hydrogen) atoms. The molecule has 0 unspecified atom stereocenters. The first kappa shape index (κ1) is 30.5. The first-order chi connectivity index (χ1) is 20.8. The standard InChI is InChI=1S/C31H20F8N2O3/c32-24-2-1-3-25(33)27(24)26-16-23(29(42)40-20-10-14-22(15-11-20)44-31(37,38)39)28(41-26)19-6-4-17(5-7-19)18-8-12-21(13-9-18)43-30(34,35)36/h1-15,23,28H,16H2,(H,40,42)/t23-,28-/m0/s1. The predicted octanol–water partition coefficient (Wildman–Crippen LogP) is 8.62. The smallest absolute Gasteiger partial charge is 0.406 e. The van der Waals surface area contributed by atoms with Crippen LogP contribution in [-0.4, -0.2) is 24.3 Å². The third-order valence-electron chi connectivity index (χ3n) is 6.71. The predicted molar refractivity (Wildman–Crippen MR) is 144 cm³/mol. The first-order valence-corrected chi connectivity index (χ1v) is 12.9. The van der Waals surface area contributed by atoms with Gasteiger partial charge in [-0.2, -0.15) is 0 Å². The summed E-state index contributed by atoms with van der Waals surface area (Å²) in [5.41, 5.74) is 1.50. The van der Waals surface area contributed by atoms with Gasteiger partial charge in [0.05, 0.1) is 17.5 Å². The summed E-state index contributed by atoms with van der Waals surface area (Å²) in [5, 5.41) is 2.61. The van der Waals surface area contributed by atoms with Crippen molar-refractivity contribution in [3.8, 4) is 22.6 Å². The Morgan fingerprint density at radius 1 is 0.705 bits per heavy atom. The second kappa shape index (κ2) is 12.0. The molecule has 228 valence electrons. The SMILES string of the molecule is O=C(Nc1ccc(OC(F)(F)F)cc1)[C@H]1CC(c2c(F)cccc2F)=N[C@H]1c1ccc(-c2ccc(OC(F)(F)F)cc2)cc1. The van der Waals surface area contributed by atoms with Gasteiger partial charge in [0.15, 0.2) is 0 Å². The van der Waals surface area contributed by atoms with E-state index in [2.05, 4.69) is 19.8 Å². The number of amides is 1. The van der Waals surface area contributed by atoms with E-state index in [0.29, 0.717) is 16.7 Å². The summed E-state index contributed by atoms with van der Waals surface area (Å²) in [6.07, 6.45) is -9.87. The van der Waals surface area contributed by atoms with Gasteiger partial charge in [0.25, 0.3) is 0 Å². The van der Waals surface area contributed by atoms with Crippen molar-refractivity contribution < 1.29 is 49.4 Å². The lowest BCUT2D eigenvalue weighted by Gasteiger charge is -2.19. The normalized spacial score (nSPS) is 16.8. The van der Waals surface area contributed by atoms with E-state index in [4.69, 9.17) is 0 Å². The quantitative estimate of drug-likeness (QED) is 0.211. The number of rotatable bonds is 7. The van der Waals surface area contributed by atoms with Crippen LogP contribution in [0, 0.1) is 17.6 Å². The molecule has 13 heteroatoms. The minimum atomic E-state index is -4.89. The summed E-state index contributed by atoms with van der Waals surface area (Å²) in [7, 11) is 0. The van der Waals surface area contributed by atoms with Crippen LogP contribution < -0.4 is 14.8 Å². The van der Waals surface area contributed by atoms with E-state index in [1.165, 1.54) is 30.3 Å². The van der Waals surface area contributed by atoms with Crippen molar-refractivity contribution in [2.45, 2.75) is 25.2 Å². The number of ether oxygens (including phenoxy) is 2. The molecule has 0 aliphatic carbocycles. The van der Waals surface area contributed by atoms with Crippen LogP contribution in [0.4, 0.5) is 40.8 Å². The maximum atomic E-state index is 14.6. The zero-order chi connectivity index (χ0) is 31.6. The Kier molecular flexibility index (Phi) is 8.31. The van der Waals surface area contributed by atoms with E-state index in [9.17, 15) is 39.9 Å². The van der Waals surface area contributed by atoms with Gasteiger partial charge < -0.3 is 14.8 Å². The minimum Gasteiger partial charge on any atom is -0.406 e. The average Bonchev–Trinajstić information content (AvgIpc) is 3.38. The Balaban J connectivity index is 1.40. The fraction of sp³-hybridized carbons (Fsp3) is 0.161. The van der Waals surface area contributed by atoms with Crippen LogP contribution in [-0.2, 0) is 4.79 Å². The lowest BCUT2D eigenvalue weighted by Crippen LogP contribution is -2.26. The number of aliphatic imine (C=N–C) groups is 1. The number of anilines is 1. The van der Waals surface area contributed by atoms with E-state index in [0.717, 1.165) is 36.4 Å². The highest BCUT2D eigenvalue weighted by Crippen LogP contribution is 2.39. The van der Waals surface area contributed by atoms with Gasteiger partial charge in [-0.15, -0.1) is 26.3 Å². The molecule has 1 aliphatic heterocycles. The molecular weight excluding hydrogens is 600 g/mol. The number of halogens is 8. The molecule has 0 saturated carbocycles. The molecule has 1 aliphatic rings. The van der Waals surface area contributed by atoms with Crippen LogP contribution in [0.1, 0.15) is 23.6 Å². The summed E-state index contributed by atoms with van der Waals surface area (Å²) >= 11 is 0. The molecule has 4 aromatic rings. The Hall–Kier alpha value is -4.94. The second-order valence-corrected chi connectivity index (χ2v) is 9.68. The molecule has 0 fully saturated rings. The molecule has 1 N–H and O–H groups in total. The van der Waals surface area contributed by atoms with Crippen LogP contribution in [0.2, 0.25) is 0 Å². The molecule has 0 bridgehead atoms. The lowest BCUT2D eigenvalue weighted by molar-refractivity contribution is -0.275. The number of nitrogens with zero attached hydrogens (tertiary/aromatic N) is 1. The van der Waals surface area contributed by atoms with E-state index >= 15 is 0 Å². The summed E-state index contributed by atoms with van der Waals surface area (Å²) in [5.74, 6) is -4.16. The van der Waals surface area contributed by atoms with Gasteiger partial charge in [0, 0.05) is 17.8 Å². The molecule has 1 heterocycles. The van der Waals surface area contributed by atoms with Crippen molar-refractivity contribution in [3.05, 3.63) is 114 Å². The molecule has 5 nitrogen and oxygen atoms in total. The molecule has 4 aromatic carbocycles. The highest BCUT2D eigenvalue weighted by Gasteiger charge is 2.38.